The van der Waals surface area contributed by atoms with Crippen LogP contribution in [0.1, 0.15) is 112 Å². The van der Waals surface area contributed by atoms with Crippen molar-refractivity contribution in [3.8, 4) is 0 Å². The fraction of sp³-hybridized carbons (Fsp3) is 0.767. The molecule has 1 fully saturated rings. The van der Waals surface area contributed by atoms with Crippen molar-refractivity contribution in [1.82, 2.24) is 19.4 Å². The van der Waals surface area contributed by atoms with Crippen LogP contribution in [0.15, 0.2) is 6.07 Å². The van der Waals surface area contributed by atoms with E-state index in [0.29, 0.717) is 36.5 Å². The highest BCUT2D eigenvalue weighted by molar-refractivity contribution is 5.73. The molecule has 1 N–H and O–H groups in total. The van der Waals surface area contributed by atoms with Crippen LogP contribution in [0, 0.1) is 17.8 Å². The van der Waals surface area contributed by atoms with Crippen molar-refractivity contribution in [3.05, 3.63) is 23.4 Å². The van der Waals surface area contributed by atoms with Crippen molar-refractivity contribution in [2.45, 2.75) is 124 Å². The van der Waals surface area contributed by atoms with Gasteiger partial charge in [-0.05, 0) is 71.8 Å². The number of carbonyl (C=O) groups excluding carboxylic acids is 1. The Kier molecular flexibility index (Phi) is 9.07. The molecule has 0 aromatic carbocycles. The zero-order valence-corrected chi connectivity index (χ0v) is 25.8. The Hall–Kier alpha value is -2.26. The summed E-state index contributed by atoms with van der Waals surface area (Å²) in [6.07, 6.45) is 1.15. The van der Waals surface area contributed by atoms with Crippen LogP contribution in [0.4, 0.5) is 9.18 Å². The van der Waals surface area contributed by atoms with Gasteiger partial charge in [-0.25, -0.2) is 14.8 Å². The number of aliphatic hydroxyl groups is 1. The third-order valence-corrected chi connectivity index (χ3v) is 7.40. The highest BCUT2D eigenvalue weighted by Gasteiger charge is 2.48. The van der Waals surface area contributed by atoms with Gasteiger partial charge in [-0.1, -0.05) is 41.0 Å². The first-order valence-electron chi connectivity index (χ1n) is 14.2. The fourth-order valence-electron chi connectivity index (χ4n) is 5.68. The van der Waals surface area contributed by atoms with Crippen LogP contribution in [-0.4, -0.2) is 54.6 Å². The Morgan fingerprint density at radius 1 is 1.21 bits per heavy atom. The molecule has 3 atom stereocenters. The molecule has 8 nitrogen and oxygen atoms in total. The van der Waals surface area contributed by atoms with Crippen molar-refractivity contribution in [2.75, 3.05) is 6.61 Å². The van der Waals surface area contributed by atoms with Crippen molar-refractivity contribution in [3.63, 3.8) is 0 Å². The molecule has 1 aliphatic rings. The van der Waals surface area contributed by atoms with E-state index in [1.165, 1.54) is 0 Å². The van der Waals surface area contributed by atoms with Gasteiger partial charge in [0, 0.05) is 18.2 Å². The zero-order chi connectivity index (χ0) is 29.5. The third kappa shape index (κ3) is 7.28. The van der Waals surface area contributed by atoms with E-state index in [2.05, 4.69) is 44.6 Å². The monoisotopic (exact) mass is 548 g/mol. The molecule has 2 aromatic rings. The van der Waals surface area contributed by atoms with Crippen LogP contribution in [0.3, 0.4) is 0 Å². The first-order valence-corrected chi connectivity index (χ1v) is 14.2. The lowest BCUT2D eigenvalue weighted by Gasteiger charge is -2.38. The molecule has 3 rings (SSSR count). The molecule has 0 saturated carbocycles. The van der Waals surface area contributed by atoms with Crippen molar-refractivity contribution >= 4 is 17.3 Å². The molecule has 9 heteroatoms. The van der Waals surface area contributed by atoms with Gasteiger partial charge in [0.05, 0.1) is 12.6 Å². The lowest BCUT2D eigenvalue weighted by Crippen LogP contribution is -2.52. The average Bonchev–Trinajstić information content (AvgIpc) is 3.26. The normalized spacial score (nSPS) is 19.6. The van der Waals surface area contributed by atoms with E-state index in [1.54, 1.807) is 4.90 Å². The summed E-state index contributed by atoms with van der Waals surface area (Å²) in [6, 6.07) is 1.71. The summed E-state index contributed by atoms with van der Waals surface area (Å²) >= 11 is 0. The number of hydrogen-bond acceptors (Lipinski definition) is 6. The summed E-state index contributed by atoms with van der Waals surface area (Å²) < 4.78 is 28.7. The molecule has 0 spiro atoms. The smallest absolute Gasteiger partial charge is 0.412 e. The summed E-state index contributed by atoms with van der Waals surface area (Å²) in [6.45, 7) is 20.3. The van der Waals surface area contributed by atoms with Gasteiger partial charge in [0.25, 0.3) is 0 Å². The Morgan fingerprint density at radius 2 is 1.85 bits per heavy atom. The maximum atomic E-state index is 15.0. The molecule has 1 unspecified atom stereocenters. The first kappa shape index (κ1) is 31.3. The topological polar surface area (TPSA) is 89.7 Å². The standard InChI is InChI=1S/C30H49FN4O4/c1-18(2)15-19(21-17-38-30(9,10)35(21)27(37)39-29(6,7)8)13-12-14-22(36)24-25(31)32-20-16-23(28(3,4)5)34(11)26(20)33-24/h16,18-19,21-22,36H,12-15,17H2,1-11H3/t19-,21-,22?/m0/s1. The van der Waals surface area contributed by atoms with E-state index >= 15 is 0 Å². The number of amides is 1. The molecule has 3 heterocycles. The minimum Gasteiger partial charge on any atom is -0.444 e. The first-order chi connectivity index (χ1) is 17.8. The van der Waals surface area contributed by atoms with Gasteiger partial charge in [-0.3, -0.25) is 4.90 Å². The van der Waals surface area contributed by atoms with Gasteiger partial charge in [-0.15, -0.1) is 0 Å². The molecular weight excluding hydrogens is 499 g/mol. The number of aromatic nitrogens is 3. The maximum Gasteiger partial charge on any atom is 0.412 e. The zero-order valence-electron chi connectivity index (χ0n) is 25.8. The molecule has 39 heavy (non-hydrogen) atoms. The summed E-state index contributed by atoms with van der Waals surface area (Å²) in [4.78, 5) is 23.6. The Bertz CT molecular complexity index is 1160. The Balaban J connectivity index is 1.77. The number of aryl methyl sites for hydroxylation is 1. The second-order valence-electron chi connectivity index (χ2n) is 14.0. The van der Waals surface area contributed by atoms with Gasteiger partial charge in [0.1, 0.15) is 28.6 Å². The van der Waals surface area contributed by atoms with Crippen LogP contribution in [0.5, 0.6) is 0 Å². The van der Waals surface area contributed by atoms with E-state index in [0.717, 1.165) is 18.5 Å². The molecule has 220 valence electrons. The minimum absolute atomic E-state index is 0.0229. The second kappa shape index (κ2) is 11.3. The summed E-state index contributed by atoms with van der Waals surface area (Å²) in [5.74, 6) is -0.196. The average molecular weight is 549 g/mol. The van der Waals surface area contributed by atoms with Gasteiger partial charge in [-0.2, -0.15) is 4.39 Å². The van der Waals surface area contributed by atoms with E-state index in [1.807, 2.05) is 52.3 Å². The number of aliphatic hydroxyl groups excluding tert-OH is 1. The molecule has 1 aliphatic heterocycles. The number of carbonyl (C=O) groups is 1. The largest absolute Gasteiger partial charge is 0.444 e. The summed E-state index contributed by atoms with van der Waals surface area (Å²) in [5, 5.41) is 11.0. The van der Waals surface area contributed by atoms with E-state index in [-0.39, 0.29) is 29.2 Å². The van der Waals surface area contributed by atoms with Gasteiger partial charge >= 0.3 is 6.09 Å². The molecule has 0 aliphatic carbocycles. The second-order valence-corrected chi connectivity index (χ2v) is 14.0. The lowest BCUT2D eigenvalue weighted by atomic mass is 9.85. The van der Waals surface area contributed by atoms with Gasteiger partial charge < -0.3 is 19.1 Å². The molecule has 0 radical (unpaired) electrons. The van der Waals surface area contributed by atoms with Crippen LogP contribution < -0.4 is 0 Å². The van der Waals surface area contributed by atoms with Crippen LogP contribution >= 0.6 is 0 Å². The highest BCUT2D eigenvalue weighted by Crippen LogP contribution is 2.37. The van der Waals surface area contributed by atoms with E-state index in [4.69, 9.17) is 9.47 Å². The SMILES string of the molecule is CC(C)C[C@H](CCCC(O)c1nc2c(cc(C(C)(C)C)n2C)nc1F)[C@@H]1COC(C)(C)N1C(=O)OC(C)(C)C. The molecule has 2 aromatic heterocycles. The fourth-order valence-corrected chi connectivity index (χ4v) is 5.68. The highest BCUT2D eigenvalue weighted by atomic mass is 19.1. The van der Waals surface area contributed by atoms with Crippen molar-refractivity contribution in [1.29, 1.82) is 0 Å². The van der Waals surface area contributed by atoms with Crippen LogP contribution in [0.2, 0.25) is 0 Å². The molecule has 1 amide bonds. The van der Waals surface area contributed by atoms with Gasteiger partial charge in [0.15, 0.2) is 5.65 Å². The number of hydrogen-bond donors (Lipinski definition) is 1. The van der Waals surface area contributed by atoms with E-state index < -0.39 is 23.4 Å². The predicted octanol–water partition coefficient (Wildman–Crippen LogP) is 6.64. The molecular formula is C30H49FN4O4. The predicted molar refractivity (Wildman–Crippen MR) is 151 cm³/mol. The van der Waals surface area contributed by atoms with Crippen LogP contribution in [0.25, 0.3) is 11.2 Å². The molecule has 1 saturated heterocycles. The van der Waals surface area contributed by atoms with Crippen LogP contribution in [-0.2, 0) is 21.9 Å². The van der Waals surface area contributed by atoms with Crippen molar-refractivity contribution in [2.24, 2.45) is 18.9 Å². The third-order valence-electron chi connectivity index (χ3n) is 7.40. The quantitative estimate of drug-likeness (QED) is 0.398. The van der Waals surface area contributed by atoms with E-state index in [9.17, 15) is 14.3 Å². The number of fused-ring (bicyclic) bond motifs is 1. The van der Waals surface area contributed by atoms with Crippen molar-refractivity contribution < 1.29 is 23.8 Å². The number of nitrogens with zero attached hydrogens (tertiary/aromatic N) is 4. The minimum atomic E-state index is -1.08. The summed E-state index contributed by atoms with van der Waals surface area (Å²) in [5.41, 5.74) is 0.475. The lowest BCUT2D eigenvalue weighted by molar-refractivity contribution is -0.0650. The Morgan fingerprint density at radius 3 is 2.41 bits per heavy atom. The van der Waals surface area contributed by atoms with Gasteiger partial charge in [0.2, 0.25) is 5.95 Å². The number of halogens is 1. The summed E-state index contributed by atoms with van der Waals surface area (Å²) in [7, 11) is 1.89. The molecule has 0 bridgehead atoms. The number of ether oxygens (including phenoxy) is 2. The Labute approximate surface area is 233 Å². The number of rotatable bonds is 8. The maximum absolute atomic E-state index is 15.0.